The van der Waals surface area contributed by atoms with Crippen molar-refractivity contribution >= 4 is 17.3 Å². The van der Waals surface area contributed by atoms with Crippen LogP contribution in [0.5, 0.6) is 0 Å². The molecule has 1 heterocycles. The van der Waals surface area contributed by atoms with E-state index in [0.717, 1.165) is 22.5 Å². The molecule has 1 aliphatic rings. The number of nitrogens with zero attached hydrogens (tertiary/aromatic N) is 4. The SMILES string of the molecule is Cc1ccc([N+]2(c3ccc(C)cc3C)N=NN=C2N)c(C)c1. The van der Waals surface area contributed by atoms with Gasteiger partial charge in [0.05, 0.1) is 5.22 Å². The predicted octanol–water partition coefficient (Wildman–Crippen LogP) is 4.17. The zero-order chi connectivity index (χ0) is 15.9. The third kappa shape index (κ3) is 2.02. The number of benzene rings is 2. The lowest BCUT2D eigenvalue weighted by Gasteiger charge is -2.27. The van der Waals surface area contributed by atoms with Gasteiger partial charge in [0.1, 0.15) is 0 Å². The average Bonchev–Trinajstić information content (AvgIpc) is 2.81. The lowest BCUT2D eigenvalue weighted by Crippen LogP contribution is -2.48. The van der Waals surface area contributed by atoms with Crippen LogP contribution in [-0.2, 0) is 0 Å². The summed E-state index contributed by atoms with van der Waals surface area (Å²) in [6.07, 6.45) is 0. The summed E-state index contributed by atoms with van der Waals surface area (Å²) in [6.45, 7) is 8.27. The second-order valence-corrected chi connectivity index (χ2v) is 5.85. The van der Waals surface area contributed by atoms with Crippen LogP contribution in [0.1, 0.15) is 22.3 Å². The first-order chi connectivity index (χ1) is 10.4. The molecule has 2 aromatic carbocycles. The van der Waals surface area contributed by atoms with Gasteiger partial charge in [-0.05, 0) is 37.4 Å². The molecule has 5 heteroatoms. The van der Waals surface area contributed by atoms with Crippen molar-refractivity contribution in [2.75, 3.05) is 0 Å². The van der Waals surface area contributed by atoms with Gasteiger partial charge in [0.2, 0.25) is 0 Å². The van der Waals surface area contributed by atoms with Crippen molar-refractivity contribution in [1.29, 1.82) is 0 Å². The van der Waals surface area contributed by atoms with Crippen LogP contribution in [0.25, 0.3) is 0 Å². The molecule has 2 aromatic rings. The second-order valence-electron chi connectivity index (χ2n) is 5.85. The molecule has 0 amide bonds. The van der Waals surface area contributed by atoms with Crippen LogP contribution in [0.3, 0.4) is 0 Å². The Labute approximate surface area is 130 Å². The van der Waals surface area contributed by atoms with Crippen LogP contribution in [-0.4, -0.2) is 5.96 Å². The van der Waals surface area contributed by atoms with Crippen LogP contribution in [0.15, 0.2) is 51.9 Å². The smallest absolute Gasteiger partial charge is 0.333 e. The fourth-order valence-corrected chi connectivity index (χ4v) is 3.05. The van der Waals surface area contributed by atoms with E-state index in [0.29, 0.717) is 5.96 Å². The highest BCUT2D eigenvalue weighted by molar-refractivity contribution is 5.97. The van der Waals surface area contributed by atoms with E-state index in [1.54, 1.807) is 0 Å². The van der Waals surface area contributed by atoms with E-state index in [1.807, 2.05) is 0 Å². The topological polar surface area (TPSA) is 63.1 Å². The molecule has 0 unspecified atom stereocenters. The van der Waals surface area contributed by atoms with Crippen molar-refractivity contribution in [1.82, 2.24) is 4.59 Å². The van der Waals surface area contributed by atoms with E-state index in [9.17, 15) is 0 Å². The van der Waals surface area contributed by atoms with Crippen molar-refractivity contribution in [3.05, 3.63) is 58.7 Å². The van der Waals surface area contributed by atoms with Gasteiger partial charge in [-0.3, -0.25) is 0 Å². The summed E-state index contributed by atoms with van der Waals surface area (Å²) in [6, 6.07) is 12.5. The summed E-state index contributed by atoms with van der Waals surface area (Å²) in [4.78, 5) is 0. The molecule has 0 bridgehead atoms. The van der Waals surface area contributed by atoms with E-state index in [1.165, 1.54) is 11.1 Å². The van der Waals surface area contributed by atoms with Gasteiger partial charge in [-0.1, -0.05) is 35.4 Å². The van der Waals surface area contributed by atoms with Crippen LogP contribution in [0.4, 0.5) is 11.4 Å². The fourth-order valence-electron chi connectivity index (χ4n) is 3.05. The van der Waals surface area contributed by atoms with Gasteiger partial charge in [-0.15, -0.1) is 0 Å². The molecule has 1 aliphatic heterocycles. The monoisotopic (exact) mass is 294 g/mol. The molecule has 0 aliphatic carbocycles. The Morgan fingerprint density at radius 1 is 0.818 bits per heavy atom. The molecule has 5 nitrogen and oxygen atoms in total. The highest BCUT2D eigenvalue weighted by Gasteiger charge is 2.46. The Kier molecular flexibility index (Phi) is 3.30. The quantitative estimate of drug-likeness (QED) is 0.830. The number of quaternary nitrogens is 1. The molecule has 112 valence electrons. The Hall–Kier alpha value is -2.53. The second kappa shape index (κ2) is 5.03. The molecule has 0 atom stereocenters. The highest BCUT2D eigenvalue weighted by atomic mass is 15.8. The maximum absolute atomic E-state index is 6.23. The molecular weight excluding hydrogens is 274 g/mol. The van der Waals surface area contributed by atoms with Gasteiger partial charge < -0.3 is 5.73 Å². The molecule has 0 fully saturated rings. The summed E-state index contributed by atoms with van der Waals surface area (Å²) < 4.78 is 0.0121. The van der Waals surface area contributed by atoms with Crippen LogP contribution in [0, 0.1) is 27.7 Å². The molecule has 22 heavy (non-hydrogen) atoms. The van der Waals surface area contributed by atoms with Crippen LogP contribution >= 0.6 is 0 Å². The van der Waals surface area contributed by atoms with Gasteiger partial charge in [-0.2, -0.15) is 0 Å². The summed E-state index contributed by atoms with van der Waals surface area (Å²) in [5.41, 5.74) is 12.8. The van der Waals surface area contributed by atoms with Crippen molar-refractivity contribution in [2.24, 2.45) is 21.3 Å². The van der Waals surface area contributed by atoms with Gasteiger partial charge >= 0.3 is 5.96 Å². The minimum Gasteiger partial charge on any atom is -0.333 e. The molecule has 0 radical (unpaired) electrons. The van der Waals surface area contributed by atoms with Gasteiger partial charge in [0.15, 0.2) is 11.4 Å². The largest absolute Gasteiger partial charge is 0.359 e. The van der Waals surface area contributed by atoms with E-state index in [2.05, 4.69) is 79.6 Å². The molecule has 0 spiro atoms. The average molecular weight is 294 g/mol. The minimum absolute atomic E-state index is 0.0121. The zero-order valence-electron chi connectivity index (χ0n) is 13.3. The molecule has 2 N–H and O–H groups in total. The lowest BCUT2D eigenvalue weighted by molar-refractivity contribution is 0.563. The highest BCUT2D eigenvalue weighted by Crippen LogP contribution is 2.41. The molecule has 0 aromatic heterocycles. The van der Waals surface area contributed by atoms with Crippen molar-refractivity contribution in [2.45, 2.75) is 27.7 Å². The summed E-state index contributed by atoms with van der Waals surface area (Å²) in [7, 11) is 0. The number of aryl methyl sites for hydroxylation is 4. The Bertz CT molecular complexity index is 753. The predicted molar refractivity (Wildman–Crippen MR) is 89.8 cm³/mol. The molecule has 0 saturated heterocycles. The first-order valence-corrected chi connectivity index (χ1v) is 7.26. The van der Waals surface area contributed by atoms with E-state index in [4.69, 9.17) is 5.73 Å². The first-order valence-electron chi connectivity index (χ1n) is 7.26. The minimum atomic E-state index is 0.0121. The van der Waals surface area contributed by atoms with Crippen LogP contribution < -0.4 is 10.3 Å². The fraction of sp³-hybridized carbons (Fsp3) is 0.235. The van der Waals surface area contributed by atoms with E-state index < -0.39 is 0 Å². The van der Waals surface area contributed by atoms with Crippen LogP contribution in [0.2, 0.25) is 0 Å². The lowest BCUT2D eigenvalue weighted by atomic mass is 10.1. The number of rotatable bonds is 2. The number of nitrogens with two attached hydrogens (primary N) is 1. The van der Waals surface area contributed by atoms with Gasteiger partial charge in [0, 0.05) is 28.5 Å². The zero-order valence-corrected chi connectivity index (χ0v) is 13.3. The van der Waals surface area contributed by atoms with Crippen molar-refractivity contribution in [3.8, 4) is 0 Å². The number of hydrogen-bond acceptors (Lipinski definition) is 4. The van der Waals surface area contributed by atoms with Crippen molar-refractivity contribution < 1.29 is 0 Å². The number of hydrogen-bond donors (Lipinski definition) is 1. The molecular formula is C17H20N5+. The maximum Gasteiger partial charge on any atom is 0.359 e. The normalized spacial score (nSPS) is 15.9. The summed E-state index contributed by atoms with van der Waals surface area (Å²) in [5.74, 6) is 0.360. The first kappa shape index (κ1) is 14.4. The van der Waals surface area contributed by atoms with Crippen molar-refractivity contribution in [3.63, 3.8) is 0 Å². The van der Waals surface area contributed by atoms with E-state index in [-0.39, 0.29) is 4.59 Å². The van der Waals surface area contributed by atoms with Gasteiger partial charge in [0.25, 0.3) is 0 Å². The van der Waals surface area contributed by atoms with E-state index >= 15 is 0 Å². The van der Waals surface area contributed by atoms with Gasteiger partial charge in [-0.25, -0.2) is 0 Å². The number of guanidine groups is 1. The Balaban J connectivity index is 2.32. The standard InChI is InChI=1S/C17H20N5/c1-11-5-7-15(13(3)9-11)22(17(18)19-20-21-22)16-8-6-12(2)10-14(16)4/h5-10H,1-4H3,(H2,18,19,21)/q+1. The summed E-state index contributed by atoms with van der Waals surface area (Å²) in [5, 5.41) is 12.3. The Morgan fingerprint density at radius 2 is 1.32 bits per heavy atom. The maximum atomic E-state index is 6.23. The molecule has 0 saturated carbocycles. The summed E-state index contributed by atoms with van der Waals surface area (Å²) >= 11 is 0. The molecule has 3 rings (SSSR count). The Morgan fingerprint density at radius 3 is 1.68 bits per heavy atom. The third-order valence-electron chi connectivity index (χ3n) is 4.05. The third-order valence-corrected chi connectivity index (χ3v) is 4.05.